The molecule has 0 spiro atoms. The lowest BCUT2D eigenvalue weighted by atomic mass is 10.1. The minimum absolute atomic E-state index is 0.264. The first-order chi connectivity index (χ1) is 7.83. The third kappa shape index (κ3) is 2.95. The van der Waals surface area contributed by atoms with Gasteiger partial charge in [0.15, 0.2) is 0 Å². The Hall–Kier alpha value is 0.300. The fraction of sp³-hybridized carbons (Fsp3) is 0.917. The molecule has 2 rings (SSSR count). The van der Waals surface area contributed by atoms with Crippen LogP contribution in [0.5, 0.6) is 0 Å². The number of alkyl halides is 1. The fourth-order valence-electron chi connectivity index (χ4n) is 2.74. The number of carbonyl (C=O) groups excluding carboxylic acids is 1. The lowest BCUT2D eigenvalue weighted by Gasteiger charge is -2.30. The summed E-state index contributed by atoms with van der Waals surface area (Å²) in [6, 6.07) is 0.534. The lowest BCUT2D eigenvalue weighted by molar-refractivity contribution is -0.132. The Morgan fingerprint density at radius 3 is 2.56 bits per heavy atom. The summed E-state index contributed by atoms with van der Waals surface area (Å²) in [7, 11) is 0. The van der Waals surface area contributed by atoms with Gasteiger partial charge in [0, 0.05) is 17.9 Å². The molecule has 0 radical (unpaired) electrons. The third-order valence-corrected chi connectivity index (χ3v) is 5.30. The first-order valence-electron chi connectivity index (χ1n) is 6.31. The van der Waals surface area contributed by atoms with Crippen LogP contribution in [0.15, 0.2) is 0 Å². The van der Waals surface area contributed by atoms with Crippen molar-refractivity contribution in [3.05, 3.63) is 0 Å². The van der Waals surface area contributed by atoms with Crippen LogP contribution in [0.25, 0.3) is 0 Å². The number of rotatable bonds is 4. The molecule has 1 amide bonds. The van der Waals surface area contributed by atoms with Gasteiger partial charge >= 0.3 is 0 Å². The molecule has 1 aliphatic carbocycles. The molecule has 1 heterocycles. The molecule has 1 unspecified atom stereocenters. The van der Waals surface area contributed by atoms with E-state index in [2.05, 4.69) is 20.8 Å². The highest BCUT2D eigenvalue weighted by molar-refractivity contribution is 9.09. The maximum absolute atomic E-state index is 12.4. The van der Waals surface area contributed by atoms with Crippen molar-refractivity contribution in [1.29, 1.82) is 0 Å². The van der Waals surface area contributed by atoms with E-state index in [0.717, 1.165) is 18.3 Å². The smallest absolute Gasteiger partial charge is 0.235 e. The largest absolute Gasteiger partial charge is 0.338 e. The van der Waals surface area contributed by atoms with Gasteiger partial charge in [-0.05, 0) is 31.4 Å². The van der Waals surface area contributed by atoms with Crippen LogP contribution in [-0.2, 0) is 4.79 Å². The molecule has 0 aromatic heterocycles. The zero-order chi connectivity index (χ0) is 11.4. The maximum Gasteiger partial charge on any atom is 0.235 e. The van der Waals surface area contributed by atoms with Crippen molar-refractivity contribution in [3.8, 4) is 0 Å². The molecule has 0 aromatic carbocycles. The number of amides is 1. The Bertz CT molecular complexity index is 237. The van der Waals surface area contributed by atoms with Gasteiger partial charge in [0.1, 0.15) is 0 Å². The number of carbonyl (C=O) groups is 1. The van der Waals surface area contributed by atoms with Gasteiger partial charge in [-0.25, -0.2) is 0 Å². The number of hydrogen-bond acceptors (Lipinski definition) is 2. The molecule has 2 aliphatic rings. The quantitative estimate of drug-likeness (QED) is 0.744. The average Bonchev–Trinajstić information content (AvgIpc) is 2.96. The number of thioether (sulfide) groups is 1. The molecule has 2 fully saturated rings. The molecule has 2 nitrogen and oxygen atoms in total. The summed E-state index contributed by atoms with van der Waals surface area (Å²) in [4.78, 5) is 14.6. The minimum atomic E-state index is 0.264. The Balaban J connectivity index is 1.96. The second kappa shape index (κ2) is 6.29. The molecular weight excluding hydrogens is 286 g/mol. The van der Waals surface area contributed by atoms with Crippen molar-refractivity contribution < 1.29 is 4.79 Å². The molecule has 4 heteroatoms. The average molecular weight is 306 g/mol. The van der Waals surface area contributed by atoms with Crippen LogP contribution in [-0.4, -0.2) is 39.7 Å². The summed E-state index contributed by atoms with van der Waals surface area (Å²) in [5.41, 5.74) is 0. The van der Waals surface area contributed by atoms with Crippen molar-refractivity contribution in [2.24, 2.45) is 0 Å². The van der Waals surface area contributed by atoms with Crippen LogP contribution in [0.3, 0.4) is 0 Å². The Morgan fingerprint density at radius 1 is 1.25 bits per heavy atom. The first-order valence-corrected chi connectivity index (χ1v) is 8.48. The second-order valence-electron chi connectivity index (χ2n) is 4.66. The van der Waals surface area contributed by atoms with E-state index >= 15 is 0 Å². The summed E-state index contributed by atoms with van der Waals surface area (Å²) in [5.74, 6) is 1.58. The first kappa shape index (κ1) is 12.7. The molecule has 1 atom stereocenters. The highest BCUT2D eigenvalue weighted by atomic mass is 79.9. The van der Waals surface area contributed by atoms with E-state index in [4.69, 9.17) is 0 Å². The zero-order valence-corrected chi connectivity index (χ0v) is 12.1. The van der Waals surface area contributed by atoms with E-state index in [9.17, 15) is 4.79 Å². The summed E-state index contributed by atoms with van der Waals surface area (Å²) < 4.78 is 0. The van der Waals surface area contributed by atoms with Gasteiger partial charge in [-0.15, -0.1) is 11.8 Å². The van der Waals surface area contributed by atoms with Gasteiger partial charge in [0.05, 0.1) is 5.25 Å². The monoisotopic (exact) mass is 305 g/mol. The van der Waals surface area contributed by atoms with Crippen LogP contribution in [0.1, 0.15) is 38.5 Å². The van der Waals surface area contributed by atoms with Crippen LogP contribution in [0, 0.1) is 0 Å². The van der Waals surface area contributed by atoms with Gasteiger partial charge in [0.2, 0.25) is 5.91 Å². The van der Waals surface area contributed by atoms with Crippen LogP contribution >= 0.6 is 27.7 Å². The van der Waals surface area contributed by atoms with Crippen molar-refractivity contribution in [2.45, 2.75) is 49.8 Å². The topological polar surface area (TPSA) is 20.3 Å². The fourth-order valence-corrected chi connectivity index (χ4v) is 4.35. The molecule has 0 aromatic rings. The van der Waals surface area contributed by atoms with Crippen LogP contribution < -0.4 is 0 Å². The maximum atomic E-state index is 12.4. The van der Waals surface area contributed by atoms with Gasteiger partial charge in [-0.2, -0.15) is 0 Å². The molecule has 1 saturated carbocycles. The summed E-state index contributed by atoms with van der Waals surface area (Å²) in [6.07, 6.45) is 7.35. The van der Waals surface area contributed by atoms with Gasteiger partial charge < -0.3 is 4.90 Å². The van der Waals surface area contributed by atoms with Gasteiger partial charge in [0.25, 0.3) is 0 Å². The molecule has 0 N–H and O–H groups in total. The Labute approximate surface area is 111 Å². The number of hydrogen-bond donors (Lipinski definition) is 0. The van der Waals surface area contributed by atoms with E-state index in [1.54, 1.807) is 0 Å². The number of halogens is 1. The molecule has 1 aliphatic heterocycles. The van der Waals surface area contributed by atoms with E-state index in [0.29, 0.717) is 11.9 Å². The van der Waals surface area contributed by atoms with Crippen LogP contribution in [0.2, 0.25) is 0 Å². The summed E-state index contributed by atoms with van der Waals surface area (Å²) >= 11 is 5.33. The zero-order valence-electron chi connectivity index (χ0n) is 9.66. The van der Waals surface area contributed by atoms with Crippen LogP contribution in [0.4, 0.5) is 0 Å². The Kier molecular flexibility index (Phi) is 5.01. The Morgan fingerprint density at radius 2 is 2.00 bits per heavy atom. The second-order valence-corrected chi connectivity index (χ2v) is 6.76. The van der Waals surface area contributed by atoms with E-state index in [-0.39, 0.29) is 5.25 Å². The van der Waals surface area contributed by atoms with E-state index < -0.39 is 0 Å². The summed E-state index contributed by atoms with van der Waals surface area (Å²) in [6.45, 7) is 0.889. The highest BCUT2D eigenvalue weighted by Crippen LogP contribution is 2.31. The highest BCUT2D eigenvalue weighted by Gasteiger charge is 2.32. The summed E-state index contributed by atoms with van der Waals surface area (Å²) in [5, 5.41) is 1.17. The molecule has 1 saturated heterocycles. The van der Waals surface area contributed by atoms with Gasteiger partial charge in [-0.3, -0.25) is 4.79 Å². The molecule has 0 bridgehead atoms. The normalized spacial score (nSPS) is 26.2. The standard InChI is InChI=1S/C12H20BrNOS/c13-7-8-14(10-4-1-2-5-10)12(15)11-6-3-9-16-11/h10-11H,1-9H2. The lowest BCUT2D eigenvalue weighted by Crippen LogP contribution is -2.44. The predicted molar refractivity (Wildman–Crippen MR) is 73.2 cm³/mol. The van der Waals surface area contributed by atoms with Gasteiger partial charge in [-0.1, -0.05) is 28.8 Å². The molecular formula is C12H20BrNOS. The predicted octanol–water partition coefficient (Wildman–Crippen LogP) is 3.05. The van der Waals surface area contributed by atoms with Crippen molar-refractivity contribution in [2.75, 3.05) is 17.6 Å². The number of nitrogens with zero attached hydrogens (tertiary/aromatic N) is 1. The van der Waals surface area contributed by atoms with Crippen molar-refractivity contribution in [1.82, 2.24) is 4.90 Å². The molecule has 92 valence electrons. The van der Waals surface area contributed by atoms with E-state index in [1.807, 2.05) is 11.8 Å². The SMILES string of the molecule is O=C(C1CCCS1)N(CCBr)C1CCCC1. The molecule has 16 heavy (non-hydrogen) atoms. The van der Waals surface area contributed by atoms with E-state index in [1.165, 1.54) is 37.9 Å². The van der Waals surface area contributed by atoms with Crippen molar-refractivity contribution in [3.63, 3.8) is 0 Å². The minimum Gasteiger partial charge on any atom is -0.338 e. The van der Waals surface area contributed by atoms with Crippen molar-refractivity contribution >= 4 is 33.6 Å². The third-order valence-electron chi connectivity index (χ3n) is 3.58.